The van der Waals surface area contributed by atoms with Crippen LogP contribution in [0.15, 0.2) is 46.9 Å². The molecule has 0 aliphatic carbocycles. The van der Waals surface area contributed by atoms with E-state index < -0.39 is 0 Å². The summed E-state index contributed by atoms with van der Waals surface area (Å²) in [6.07, 6.45) is 0.0992. The third kappa shape index (κ3) is 4.03. The zero-order valence-electron chi connectivity index (χ0n) is 11.9. The summed E-state index contributed by atoms with van der Waals surface area (Å²) in [5.74, 6) is 6.18. The van der Waals surface area contributed by atoms with E-state index in [4.69, 9.17) is 10.6 Å². The molecule has 0 radical (unpaired) electrons. The molecule has 0 heterocycles. The molecule has 0 amide bonds. The van der Waals surface area contributed by atoms with Crippen LogP contribution >= 0.6 is 15.9 Å². The van der Waals surface area contributed by atoms with Gasteiger partial charge in [-0.1, -0.05) is 34.1 Å². The number of hydrogen-bond donors (Lipinski definition) is 2. The topological polar surface area (TPSA) is 47.3 Å². The predicted octanol–water partition coefficient (Wildman–Crippen LogP) is 3.93. The fourth-order valence-corrected chi connectivity index (χ4v) is 2.72. The molecule has 0 spiro atoms. The maximum Gasteiger partial charge on any atom is 0.124 e. The molecule has 3 nitrogen and oxygen atoms in total. The summed E-state index contributed by atoms with van der Waals surface area (Å²) in [5.41, 5.74) is 4.58. The Bertz CT molecular complexity index is 619. The van der Waals surface area contributed by atoms with E-state index >= 15 is 0 Å². The molecule has 0 bridgehead atoms. The van der Waals surface area contributed by atoms with Gasteiger partial charge >= 0.3 is 0 Å². The second kappa shape index (κ2) is 7.02. The third-order valence-corrected chi connectivity index (χ3v) is 3.69. The van der Waals surface area contributed by atoms with E-state index in [0.717, 1.165) is 16.9 Å². The SMILES string of the molecule is CC(C)Oc1cccc(C(NN)c2ccc(F)cc2Br)c1. The Morgan fingerprint density at radius 2 is 1.95 bits per heavy atom. The maximum atomic E-state index is 13.2. The van der Waals surface area contributed by atoms with Gasteiger partial charge in [-0.3, -0.25) is 5.84 Å². The highest BCUT2D eigenvalue weighted by atomic mass is 79.9. The normalized spacial score (nSPS) is 12.5. The average Bonchev–Trinajstić information content (AvgIpc) is 2.41. The van der Waals surface area contributed by atoms with Crippen LogP contribution < -0.4 is 16.0 Å². The summed E-state index contributed by atoms with van der Waals surface area (Å²) in [6.45, 7) is 3.95. The minimum atomic E-state index is -0.293. The summed E-state index contributed by atoms with van der Waals surface area (Å²) in [5, 5.41) is 0. The van der Waals surface area contributed by atoms with E-state index in [1.54, 1.807) is 6.07 Å². The lowest BCUT2D eigenvalue weighted by Crippen LogP contribution is -2.29. The molecular formula is C16H18BrFN2O. The Balaban J connectivity index is 2.37. The first-order valence-electron chi connectivity index (χ1n) is 6.69. The van der Waals surface area contributed by atoms with Crippen LogP contribution in [0.5, 0.6) is 5.75 Å². The molecule has 3 N–H and O–H groups in total. The van der Waals surface area contributed by atoms with E-state index in [-0.39, 0.29) is 18.0 Å². The first-order valence-corrected chi connectivity index (χ1v) is 7.48. The molecule has 1 unspecified atom stereocenters. The van der Waals surface area contributed by atoms with Crippen molar-refractivity contribution in [2.24, 2.45) is 5.84 Å². The first kappa shape index (κ1) is 15.9. The zero-order valence-corrected chi connectivity index (χ0v) is 13.5. The van der Waals surface area contributed by atoms with Crippen LogP contribution in [0.4, 0.5) is 4.39 Å². The number of nitrogens with two attached hydrogens (primary N) is 1. The van der Waals surface area contributed by atoms with Gasteiger partial charge in [-0.2, -0.15) is 0 Å². The van der Waals surface area contributed by atoms with Gasteiger partial charge in [-0.15, -0.1) is 0 Å². The van der Waals surface area contributed by atoms with Crippen molar-refractivity contribution < 1.29 is 9.13 Å². The highest BCUT2D eigenvalue weighted by Gasteiger charge is 2.16. The molecule has 0 aliphatic rings. The van der Waals surface area contributed by atoms with Crippen LogP contribution in [0.1, 0.15) is 31.0 Å². The van der Waals surface area contributed by atoms with Crippen molar-refractivity contribution in [3.05, 3.63) is 63.9 Å². The Morgan fingerprint density at radius 1 is 1.19 bits per heavy atom. The van der Waals surface area contributed by atoms with Gasteiger partial charge in [0.05, 0.1) is 12.1 Å². The molecule has 2 rings (SSSR count). The van der Waals surface area contributed by atoms with Gasteiger partial charge in [-0.25, -0.2) is 9.82 Å². The second-order valence-electron chi connectivity index (χ2n) is 5.00. The summed E-state index contributed by atoms with van der Waals surface area (Å²) >= 11 is 3.38. The number of nitrogens with one attached hydrogen (secondary N) is 1. The van der Waals surface area contributed by atoms with Crippen LogP contribution in [-0.2, 0) is 0 Å². The quantitative estimate of drug-likeness (QED) is 0.633. The molecule has 0 fully saturated rings. The number of halogens is 2. The Kier molecular flexibility index (Phi) is 5.33. The Hall–Kier alpha value is -1.43. The molecule has 0 saturated carbocycles. The minimum Gasteiger partial charge on any atom is -0.491 e. The van der Waals surface area contributed by atoms with Crippen molar-refractivity contribution in [2.45, 2.75) is 26.0 Å². The van der Waals surface area contributed by atoms with Gasteiger partial charge < -0.3 is 4.74 Å². The molecule has 2 aromatic carbocycles. The summed E-state index contributed by atoms with van der Waals surface area (Å²) in [7, 11) is 0. The lowest BCUT2D eigenvalue weighted by molar-refractivity contribution is 0.242. The largest absolute Gasteiger partial charge is 0.491 e. The molecule has 1 atom stereocenters. The van der Waals surface area contributed by atoms with E-state index in [1.165, 1.54) is 12.1 Å². The van der Waals surface area contributed by atoms with E-state index in [9.17, 15) is 4.39 Å². The van der Waals surface area contributed by atoms with Gasteiger partial charge in [0.15, 0.2) is 0 Å². The molecule has 0 aromatic heterocycles. The minimum absolute atomic E-state index is 0.0992. The summed E-state index contributed by atoms with van der Waals surface area (Å²) < 4.78 is 19.6. The summed E-state index contributed by atoms with van der Waals surface area (Å²) in [6, 6.07) is 12.0. The van der Waals surface area contributed by atoms with Crippen LogP contribution in [0.3, 0.4) is 0 Å². The zero-order chi connectivity index (χ0) is 15.4. The van der Waals surface area contributed by atoms with Gasteiger partial charge in [0.2, 0.25) is 0 Å². The van der Waals surface area contributed by atoms with Crippen molar-refractivity contribution in [3.63, 3.8) is 0 Å². The van der Waals surface area contributed by atoms with Gasteiger partial charge in [0.25, 0.3) is 0 Å². The molecule has 112 valence electrons. The number of rotatable bonds is 5. The standard InChI is InChI=1S/C16H18BrFN2O/c1-10(2)21-13-5-3-4-11(8-13)16(20-19)14-7-6-12(18)9-15(14)17/h3-10,16,20H,19H2,1-2H3. The lowest BCUT2D eigenvalue weighted by atomic mass is 9.99. The fraction of sp³-hybridized carbons (Fsp3) is 0.250. The van der Waals surface area contributed by atoms with Crippen molar-refractivity contribution >= 4 is 15.9 Å². The molecule has 2 aromatic rings. The first-order chi connectivity index (χ1) is 10.0. The van der Waals surface area contributed by atoms with Crippen LogP contribution in [0.2, 0.25) is 0 Å². The lowest BCUT2D eigenvalue weighted by Gasteiger charge is -2.20. The Labute approximate surface area is 132 Å². The van der Waals surface area contributed by atoms with Crippen molar-refractivity contribution in [2.75, 3.05) is 0 Å². The van der Waals surface area contributed by atoms with Gasteiger partial charge in [-0.05, 0) is 49.2 Å². The summed E-state index contributed by atoms with van der Waals surface area (Å²) in [4.78, 5) is 0. The molecule has 0 saturated heterocycles. The number of hydrogen-bond acceptors (Lipinski definition) is 3. The maximum absolute atomic E-state index is 13.2. The average molecular weight is 353 g/mol. The van der Waals surface area contributed by atoms with Crippen molar-refractivity contribution in [3.8, 4) is 5.75 Å². The van der Waals surface area contributed by atoms with E-state index in [0.29, 0.717) is 4.47 Å². The van der Waals surface area contributed by atoms with Crippen molar-refractivity contribution in [1.29, 1.82) is 0 Å². The van der Waals surface area contributed by atoms with Crippen molar-refractivity contribution in [1.82, 2.24) is 5.43 Å². The number of benzene rings is 2. The smallest absolute Gasteiger partial charge is 0.124 e. The third-order valence-electron chi connectivity index (χ3n) is 3.00. The number of ether oxygens (including phenoxy) is 1. The van der Waals surface area contributed by atoms with E-state index in [2.05, 4.69) is 21.4 Å². The Morgan fingerprint density at radius 3 is 2.57 bits per heavy atom. The monoisotopic (exact) mass is 352 g/mol. The van der Waals surface area contributed by atoms with Crippen LogP contribution in [0.25, 0.3) is 0 Å². The molecule has 21 heavy (non-hydrogen) atoms. The second-order valence-corrected chi connectivity index (χ2v) is 5.86. The highest BCUT2D eigenvalue weighted by molar-refractivity contribution is 9.10. The van der Waals surface area contributed by atoms with Crippen LogP contribution in [0, 0.1) is 5.82 Å². The highest BCUT2D eigenvalue weighted by Crippen LogP contribution is 2.30. The van der Waals surface area contributed by atoms with E-state index in [1.807, 2.05) is 38.1 Å². The molecular weight excluding hydrogens is 335 g/mol. The predicted molar refractivity (Wildman–Crippen MR) is 85.5 cm³/mol. The van der Waals surface area contributed by atoms with Gasteiger partial charge in [0.1, 0.15) is 11.6 Å². The number of hydrazine groups is 1. The molecule has 0 aliphatic heterocycles. The van der Waals surface area contributed by atoms with Gasteiger partial charge in [0, 0.05) is 4.47 Å². The fourth-order valence-electron chi connectivity index (χ4n) is 2.14. The van der Waals surface area contributed by atoms with Crippen LogP contribution in [-0.4, -0.2) is 6.10 Å². The molecule has 5 heteroatoms.